The molecule has 1 aliphatic rings. The Morgan fingerprint density at radius 3 is 2.67 bits per heavy atom. The van der Waals surface area contributed by atoms with Gasteiger partial charge in [-0.1, -0.05) is 30.3 Å². The van der Waals surface area contributed by atoms with Crippen LogP contribution in [0.4, 0.5) is 0 Å². The lowest BCUT2D eigenvalue weighted by atomic mass is 9.93. The van der Waals surface area contributed by atoms with Crippen molar-refractivity contribution in [3.63, 3.8) is 0 Å². The molecule has 0 unspecified atom stereocenters. The van der Waals surface area contributed by atoms with E-state index in [4.69, 9.17) is 5.11 Å². The first kappa shape index (κ1) is 10.2. The first-order valence-corrected chi connectivity index (χ1v) is 5.31. The minimum Gasteiger partial charge on any atom is -0.480 e. The molecule has 1 aromatic rings. The van der Waals surface area contributed by atoms with Crippen LogP contribution in [-0.2, 0) is 4.79 Å². The van der Waals surface area contributed by atoms with E-state index in [9.17, 15) is 4.79 Å². The highest BCUT2D eigenvalue weighted by atomic mass is 16.4. The third-order valence-electron chi connectivity index (χ3n) is 2.89. The van der Waals surface area contributed by atoms with Crippen LogP contribution >= 0.6 is 0 Å². The van der Waals surface area contributed by atoms with Crippen molar-refractivity contribution in [1.82, 2.24) is 5.32 Å². The molecule has 2 atom stereocenters. The van der Waals surface area contributed by atoms with Crippen molar-refractivity contribution in [2.45, 2.75) is 31.3 Å². The van der Waals surface area contributed by atoms with Crippen molar-refractivity contribution < 1.29 is 9.90 Å². The van der Waals surface area contributed by atoms with Gasteiger partial charge in [-0.2, -0.15) is 0 Å². The van der Waals surface area contributed by atoms with Crippen LogP contribution in [0.5, 0.6) is 0 Å². The maximum absolute atomic E-state index is 10.9. The Labute approximate surface area is 89.1 Å². The van der Waals surface area contributed by atoms with Crippen LogP contribution < -0.4 is 5.32 Å². The van der Waals surface area contributed by atoms with E-state index in [1.807, 2.05) is 30.3 Å². The minimum atomic E-state index is -0.740. The summed E-state index contributed by atoms with van der Waals surface area (Å²) in [4.78, 5) is 10.9. The zero-order valence-corrected chi connectivity index (χ0v) is 8.52. The summed E-state index contributed by atoms with van der Waals surface area (Å²) >= 11 is 0. The van der Waals surface area contributed by atoms with Crippen molar-refractivity contribution in [3.8, 4) is 0 Å². The van der Waals surface area contributed by atoms with Crippen LogP contribution in [0.15, 0.2) is 30.3 Å². The van der Waals surface area contributed by atoms with Gasteiger partial charge in [0.05, 0.1) is 0 Å². The fraction of sp³-hybridized carbons (Fsp3) is 0.417. The van der Waals surface area contributed by atoms with Crippen LogP contribution in [-0.4, -0.2) is 17.1 Å². The highest BCUT2D eigenvalue weighted by Crippen LogP contribution is 2.25. The van der Waals surface area contributed by atoms with Crippen LogP contribution in [0.25, 0.3) is 0 Å². The summed E-state index contributed by atoms with van der Waals surface area (Å²) in [5.74, 6) is -0.740. The molecule has 2 rings (SSSR count). The maximum Gasteiger partial charge on any atom is 0.320 e. The Balaban J connectivity index is 2.08. The van der Waals surface area contributed by atoms with E-state index in [0.29, 0.717) is 0 Å². The van der Waals surface area contributed by atoms with Crippen LogP contribution in [0, 0.1) is 0 Å². The highest BCUT2D eigenvalue weighted by molar-refractivity contribution is 5.73. The number of carbonyl (C=O) groups is 1. The number of hydrogen-bond acceptors (Lipinski definition) is 2. The van der Waals surface area contributed by atoms with Gasteiger partial charge in [0.25, 0.3) is 0 Å². The molecule has 2 N–H and O–H groups in total. The molecule has 1 heterocycles. The number of nitrogens with one attached hydrogen (secondary N) is 1. The second-order valence-corrected chi connectivity index (χ2v) is 3.95. The predicted octanol–water partition coefficient (Wildman–Crippen LogP) is 1.95. The quantitative estimate of drug-likeness (QED) is 0.776. The molecule has 0 amide bonds. The molecule has 1 aliphatic heterocycles. The summed E-state index contributed by atoms with van der Waals surface area (Å²) in [5.41, 5.74) is 1.18. The lowest BCUT2D eigenvalue weighted by molar-refractivity contribution is -0.140. The molecule has 0 spiro atoms. The molecule has 3 heteroatoms. The third-order valence-corrected chi connectivity index (χ3v) is 2.89. The highest BCUT2D eigenvalue weighted by Gasteiger charge is 2.26. The molecule has 3 nitrogen and oxygen atoms in total. The second-order valence-electron chi connectivity index (χ2n) is 3.95. The lowest BCUT2D eigenvalue weighted by Crippen LogP contribution is -2.42. The van der Waals surface area contributed by atoms with E-state index in [2.05, 4.69) is 5.32 Å². The number of carboxylic acids is 1. The smallest absolute Gasteiger partial charge is 0.320 e. The molecule has 0 aromatic heterocycles. The summed E-state index contributed by atoms with van der Waals surface area (Å²) in [5, 5.41) is 12.1. The van der Waals surface area contributed by atoms with Gasteiger partial charge in [-0.3, -0.25) is 10.1 Å². The Morgan fingerprint density at radius 1 is 1.27 bits per heavy atom. The van der Waals surface area contributed by atoms with Gasteiger partial charge < -0.3 is 5.11 Å². The third kappa shape index (κ3) is 2.36. The molecule has 0 radical (unpaired) electrons. The topological polar surface area (TPSA) is 49.3 Å². The van der Waals surface area contributed by atoms with E-state index in [0.717, 1.165) is 19.3 Å². The predicted molar refractivity (Wildman–Crippen MR) is 57.6 cm³/mol. The van der Waals surface area contributed by atoms with Crippen molar-refractivity contribution >= 4 is 5.97 Å². The van der Waals surface area contributed by atoms with E-state index < -0.39 is 5.97 Å². The maximum atomic E-state index is 10.9. The molecule has 15 heavy (non-hydrogen) atoms. The summed E-state index contributed by atoms with van der Waals surface area (Å²) in [6.45, 7) is 0. The van der Waals surface area contributed by atoms with Crippen LogP contribution in [0.3, 0.4) is 0 Å². The average molecular weight is 205 g/mol. The van der Waals surface area contributed by atoms with Crippen LogP contribution in [0.2, 0.25) is 0 Å². The number of hydrogen-bond donors (Lipinski definition) is 2. The molecule has 80 valence electrons. The number of piperidine rings is 1. The van der Waals surface area contributed by atoms with Gasteiger partial charge in [0, 0.05) is 6.04 Å². The van der Waals surface area contributed by atoms with E-state index >= 15 is 0 Å². The summed E-state index contributed by atoms with van der Waals surface area (Å²) in [7, 11) is 0. The molecule has 0 saturated carbocycles. The SMILES string of the molecule is O=C(O)[C@H]1CCC[C@H](c2ccccc2)N1. The molecule has 1 saturated heterocycles. The standard InChI is InChI=1S/C12H15NO2/c14-12(15)11-8-4-7-10(13-11)9-5-2-1-3-6-9/h1-3,5-6,10-11,13H,4,7-8H2,(H,14,15)/t10-,11-/m1/s1. The summed E-state index contributed by atoms with van der Waals surface area (Å²) < 4.78 is 0. The molecular formula is C12H15NO2. The minimum absolute atomic E-state index is 0.195. The number of aliphatic carboxylic acids is 1. The monoisotopic (exact) mass is 205 g/mol. The largest absolute Gasteiger partial charge is 0.480 e. The van der Waals surface area contributed by atoms with Gasteiger partial charge in [-0.15, -0.1) is 0 Å². The summed E-state index contributed by atoms with van der Waals surface area (Å²) in [6.07, 6.45) is 2.73. The van der Waals surface area contributed by atoms with E-state index in [-0.39, 0.29) is 12.1 Å². The summed E-state index contributed by atoms with van der Waals surface area (Å²) in [6, 6.07) is 9.85. The fourth-order valence-electron chi connectivity index (χ4n) is 2.08. The van der Waals surface area contributed by atoms with Crippen molar-refractivity contribution in [3.05, 3.63) is 35.9 Å². The van der Waals surface area contributed by atoms with Gasteiger partial charge in [0.15, 0.2) is 0 Å². The normalized spacial score (nSPS) is 26.1. The van der Waals surface area contributed by atoms with Crippen LogP contribution in [0.1, 0.15) is 30.9 Å². The lowest BCUT2D eigenvalue weighted by Gasteiger charge is -2.28. The molecule has 1 fully saturated rings. The Bertz CT molecular complexity index is 337. The van der Waals surface area contributed by atoms with Crippen molar-refractivity contribution in [1.29, 1.82) is 0 Å². The van der Waals surface area contributed by atoms with E-state index in [1.54, 1.807) is 0 Å². The van der Waals surface area contributed by atoms with Gasteiger partial charge in [-0.05, 0) is 24.8 Å². The molecule has 1 aromatic carbocycles. The van der Waals surface area contributed by atoms with Crippen molar-refractivity contribution in [2.75, 3.05) is 0 Å². The first-order chi connectivity index (χ1) is 7.27. The Hall–Kier alpha value is -1.35. The Kier molecular flexibility index (Phi) is 3.02. The number of rotatable bonds is 2. The van der Waals surface area contributed by atoms with Crippen molar-refractivity contribution in [2.24, 2.45) is 0 Å². The zero-order chi connectivity index (χ0) is 10.7. The van der Waals surface area contributed by atoms with E-state index in [1.165, 1.54) is 5.56 Å². The number of benzene rings is 1. The molecule has 0 bridgehead atoms. The molecule has 0 aliphatic carbocycles. The Morgan fingerprint density at radius 2 is 2.00 bits per heavy atom. The average Bonchev–Trinajstić information content (AvgIpc) is 2.30. The molecular weight excluding hydrogens is 190 g/mol. The van der Waals surface area contributed by atoms with Gasteiger partial charge in [0.1, 0.15) is 6.04 Å². The first-order valence-electron chi connectivity index (χ1n) is 5.31. The van der Waals surface area contributed by atoms with Gasteiger partial charge in [0.2, 0.25) is 0 Å². The second kappa shape index (κ2) is 4.45. The number of carboxylic acid groups (broad SMARTS) is 1. The van der Waals surface area contributed by atoms with Gasteiger partial charge >= 0.3 is 5.97 Å². The van der Waals surface area contributed by atoms with Gasteiger partial charge in [-0.25, -0.2) is 0 Å². The zero-order valence-electron chi connectivity index (χ0n) is 8.52. The fourth-order valence-corrected chi connectivity index (χ4v) is 2.08.